The van der Waals surface area contributed by atoms with E-state index in [1.54, 1.807) is 36.4 Å². The van der Waals surface area contributed by atoms with Crippen LogP contribution in [0.5, 0.6) is 5.75 Å². The fourth-order valence-corrected chi connectivity index (χ4v) is 3.95. The molecular weight excluding hydrogens is 474 g/mol. The van der Waals surface area contributed by atoms with Gasteiger partial charge in [0.05, 0.1) is 24.3 Å². The molecule has 0 saturated carbocycles. The smallest absolute Gasteiger partial charge is 0.295 e. The molecule has 0 spiro atoms. The molecule has 0 bridgehead atoms. The van der Waals surface area contributed by atoms with Gasteiger partial charge in [0, 0.05) is 23.2 Å². The van der Waals surface area contributed by atoms with Crippen molar-refractivity contribution in [2.24, 2.45) is 0 Å². The number of Topliss-reactive ketones (excluding diaryl/α,β-unsaturated/α-hetero) is 1. The first kappa shape index (κ1) is 24.0. The van der Waals surface area contributed by atoms with Crippen molar-refractivity contribution in [3.05, 3.63) is 69.7 Å². The predicted molar refractivity (Wildman–Crippen MR) is 126 cm³/mol. The standard InChI is InChI=1S/C25H28BrNO5/c1-4-31-20-12-8-17(9-13-20)22-21(23(28)18-6-10-19(26)11-7-18)24(29)25(30)27(22)14-5-15-32-16(2)3/h6-13,16,22,28H,4-5,14-15H2,1-3H3/t22-/m0/s1. The molecule has 1 fully saturated rings. The number of carbonyl (C=O) groups is 2. The molecule has 1 N–H and O–H groups in total. The number of aliphatic hydroxyl groups excluding tert-OH is 1. The summed E-state index contributed by atoms with van der Waals surface area (Å²) in [6.07, 6.45) is 0.668. The fraction of sp³-hybridized carbons (Fsp3) is 0.360. The Bertz CT molecular complexity index is 982. The van der Waals surface area contributed by atoms with E-state index in [-0.39, 0.29) is 17.4 Å². The van der Waals surface area contributed by atoms with Gasteiger partial charge in [-0.2, -0.15) is 0 Å². The highest BCUT2D eigenvalue weighted by Crippen LogP contribution is 2.40. The van der Waals surface area contributed by atoms with Gasteiger partial charge < -0.3 is 19.5 Å². The number of ether oxygens (including phenoxy) is 2. The van der Waals surface area contributed by atoms with Crippen LogP contribution in [0.1, 0.15) is 44.4 Å². The van der Waals surface area contributed by atoms with Crippen molar-refractivity contribution in [3.8, 4) is 5.75 Å². The molecule has 2 aromatic rings. The van der Waals surface area contributed by atoms with Gasteiger partial charge >= 0.3 is 0 Å². The maximum absolute atomic E-state index is 13.0. The Hall–Kier alpha value is -2.64. The van der Waals surface area contributed by atoms with Crippen LogP contribution in [-0.4, -0.2) is 47.6 Å². The van der Waals surface area contributed by atoms with Gasteiger partial charge in [-0.25, -0.2) is 0 Å². The lowest BCUT2D eigenvalue weighted by molar-refractivity contribution is -0.140. The molecule has 1 atom stereocenters. The lowest BCUT2D eigenvalue weighted by Crippen LogP contribution is -2.31. The van der Waals surface area contributed by atoms with Crippen LogP contribution in [-0.2, 0) is 14.3 Å². The number of carbonyl (C=O) groups excluding carboxylic acids is 2. The van der Waals surface area contributed by atoms with Crippen LogP contribution < -0.4 is 4.74 Å². The quantitative estimate of drug-likeness (QED) is 0.224. The first-order valence-electron chi connectivity index (χ1n) is 10.7. The number of benzene rings is 2. The molecule has 1 saturated heterocycles. The Balaban J connectivity index is 2.01. The Labute approximate surface area is 197 Å². The third-order valence-electron chi connectivity index (χ3n) is 5.16. The SMILES string of the molecule is CCOc1ccc([C@H]2C(=C(O)c3ccc(Br)cc3)C(=O)C(=O)N2CCCOC(C)C)cc1. The molecule has 2 aromatic carbocycles. The molecule has 7 heteroatoms. The van der Waals surface area contributed by atoms with Crippen LogP contribution in [0.3, 0.4) is 0 Å². The molecule has 0 aromatic heterocycles. The summed E-state index contributed by atoms with van der Waals surface area (Å²) in [6, 6.07) is 13.6. The highest BCUT2D eigenvalue weighted by atomic mass is 79.9. The van der Waals surface area contributed by atoms with Gasteiger partial charge in [-0.1, -0.05) is 40.2 Å². The van der Waals surface area contributed by atoms with E-state index in [9.17, 15) is 14.7 Å². The minimum Gasteiger partial charge on any atom is -0.507 e. The summed E-state index contributed by atoms with van der Waals surface area (Å²) in [5.41, 5.74) is 1.30. The molecule has 0 unspecified atom stereocenters. The molecule has 32 heavy (non-hydrogen) atoms. The zero-order valence-corrected chi connectivity index (χ0v) is 20.1. The summed E-state index contributed by atoms with van der Waals surface area (Å²) < 4.78 is 12.0. The topological polar surface area (TPSA) is 76.1 Å². The molecule has 1 amide bonds. The van der Waals surface area contributed by atoms with Crippen LogP contribution in [0.4, 0.5) is 0 Å². The number of rotatable bonds is 9. The third-order valence-corrected chi connectivity index (χ3v) is 5.69. The molecular formula is C25H28BrNO5. The molecule has 0 radical (unpaired) electrons. The number of ketones is 1. The van der Waals surface area contributed by atoms with E-state index in [1.165, 1.54) is 4.90 Å². The third kappa shape index (κ3) is 5.40. The van der Waals surface area contributed by atoms with Gasteiger partial charge in [-0.3, -0.25) is 9.59 Å². The van der Waals surface area contributed by atoms with E-state index in [4.69, 9.17) is 9.47 Å². The maximum Gasteiger partial charge on any atom is 0.295 e. The van der Waals surface area contributed by atoms with Crippen molar-refractivity contribution >= 4 is 33.4 Å². The molecule has 1 aliphatic rings. The van der Waals surface area contributed by atoms with E-state index in [1.807, 2.05) is 32.9 Å². The largest absolute Gasteiger partial charge is 0.507 e. The van der Waals surface area contributed by atoms with Crippen molar-refractivity contribution in [1.29, 1.82) is 0 Å². The summed E-state index contributed by atoms with van der Waals surface area (Å²) in [5, 5.41) is 11.0. The van der Waals surface area contributed by atoms with Crippen LogP contribution in [0.2, 0.25) is 0 Å². The zero-order chi connectivity index (χ0) is 23.3. The second-order valence-corrected chi connectivity index (χ2v) is 8.69. The molecule has 170 valence electrons. The number of likely N-dealkylation sites (tertiary alicyclic amines) is 1. The average Bonchev–Trinajstić information content (AvgIpc) is 3.02. The van der Waals surface area contributed by atoms with Crippen LogP contribution in [0.15, 0.2) is 58.6 Å². The number of hydrogen-bond donors (Lipinski definition) is 1. The Morgan fingerprint density at radius 1 is 1.09 bits per heavy atom. The Kier molecular flexibility index (Phi) is 8.10. The van der Waals surface area contributed by atoms with Gasteiger partial charge in [0.2, 0.25) is 0 Å². The van der Waals surface area contributed by atoms with Gasteiger partial charge in [0.15, 0.2) is 0 Å². The summed E-state index contributed by atoms with van der Waals surface area (Å²) in [5.74, 6) is -0.789. The van der Waals surface area contributed by atoms with Crippen LogP contribution in [0, 0.1) is 0 Å². The van der Waals surface area contributed by atoms with E-state index >= 15 is 0 Å². The molecule has 1 heterocycles. The molecule has 1 aliphatic heterocycles. The van der Waals surface area contributed by atoms with E-state index in [2.05, 4.69) is 15.9 Å². The van der Waals surface area contributed by atoms with E-state index in [0.29, 0.717) is 37.5 Å². The van der Waals surface area contributed by atoms with E-state index in [0.717, 1.165) is 10.0 Å². The lowest BCUT2D eigenvalue weighted by atomic mass is 9.95. The average molecular weight is 502 g/mol. The number of aliphatic hydroxyl groups is 1. The molecule has 6 nitrogen and oxygen atoms in total. The summed E-state index contributed by atoms with van der Waals surface area (Å²) in [4.78, 5) is 27.5. The predicted octanol–water partition coefficient (Wildman–Crippen LogP) is 5.08. The zero-order valence-electron chi connectivity index (χ0n) is 18.5. The van der Waals surface area contributed by atoms with Gasteiger partial charge in [0.25, 0.3) is 11.7 Å². The van der Waals surface area contributed by atoms with Crippen LogP contribution in [0.25, 0.3) is 5.76 Å². The highest BCUT2D eigenvalue weighted by Gasteiger charge is 2.45. The summed E-state index contributed by atoms with van der Waals surface area (Å²) >= 11 is 3.37. The highest BCUT2D eigenvalue weighted by molar-refractivity contribution is 9.10. The number of nitrogens with zero attached hydrogens (tertiary/aromatic N) is 1. The molecule has 0 aliphatic carbocycles. The van der Waals surface area contributed by atoms with E-state index < -0.39 is 17.7 Å². The normalized spacial score (nSPS) is 17.9. The van der Waals surface area contributed by atoms with Crippen molar-refractivity contribution in [3.63, 3.8) is 0 Å². The van der Waals surface area contributed by atoms with Crippen molar-refractivity contribution < 1.29 is 24.2 Å². The monoisotopic (exact) mass is 501 g/mol. The molecule has 3 rings (SSSR count). The first-order chi connectivity index (χ1) is 15.3. The number of amides is 1. The Morgan fingerprint density at radius 2 is 1.75 bits per heavy atom. The minimum absolute atomic E-state index is 0.0877. The summed E-state index contributed by atoms with van der Waals surface area (Å²) in [6.45, 7) is 7.15. The Morgan fingerprint density at radius 3 is 2.34 bits per heavy atom. The van der Waals surface area contributed by atoms with Gasteiger partial charge in [0.1, 0.15) is 11.5 Å². The summed E-state index contributed by atoms with van der Waals surface area (Å²) in [7, 11) is 0. The van der Waals surface area contributed by atoms with Crippen molar-refractivity contribution in [1.82, 2.24) is 4.90 Å². The second-order valence-electron chi connectivity index (χ2n) is 7.77. The lowest BCUT2D eigenvalue weighted by Gasteiger charge is -2.25. The fourth-order valence-electron chi connectivity index (χ4n) is 3.69. The van der Waals surface area contributed by atoms with Crippen molar-refractivity contribution in [2.75, 3.05) is 19.8 Å². The van der Waals surface area contributed by atoms with Gasteiger partial charge in [-0.15, -0.1) is 0 Å². The minimum atomic E-state index is -0.687. The maximum atomic E-state index is 13.0. The number of hydrogen-bond acceptors (Lipinski definition) is 5. The van der Waals surface area contributed by atoms with Crippen molar-refractivity contribution in [2.45, 2.75) is 39.3 Å². The second kappa shape index (κ2) is 10.8. The first-order valence-corrected chi connectivity index (χ1v) is 11.5. The van der Waals surface area contributed by atoms with Gasteiger partial charge in [-0.05, 0) is 57.0 Å². The number of halogens is 1. The van der Waals surface area contributed by atoms with Crippen LogP contribution >= 0.6 is 15.9 Å².